The van der Waals surface area contributed by atoms with Crippen LogP contribution in [0.3, 0.4) is 0 Å². The predicted molar refractivity (Wildman–Crippen MR) is 67.9 cm³/mol. The van der Waals surface area contributed by atoms with Crippen molar-refractivity contribution in [3.8, 4) is 0 Å². The van der Waals surface area contributed by atoms with E-state index in [0.29, 0.717) is 26.2 Å². The molecule has 0 aliphatic carbocycles. The van der Waals surface area contributed by atoms with Gasteiger partial charge in [0.05, 0.1) is 18.8 Å². The number of nitrogens with one attached hydrogen (secondary N) is 1. The number of likely N-dealkylation sites (N-methyl/N-ethyl adjacent to an activating group) is 1. The standard InChI is InChI=1S/C12H26N2O3/c1-10(2)17-7-5-6-13-12(16)9-14(4)8-11(3)15/h10-11,15H,5-9H2,1-4H3,(H,13,16). The van der Waals surface area contributed by atoms with Crippen molar-refractivity contribution in [2.75, 3.05) is 33.3 Å². The molecule has 5 heteroatoms. The molecule has 0 fully saturated rings. The van der Waals surface area contributed by atoms with Gasteiger partial charge < -0.3 is 15.2 Å². The summed E-state index contributed by atoms with van der Waals surface area (Å²) in [6.45, 7) is 7.81. The second-order valence-electron chi connectivity index (χ2n) is 4.67. The summed E-state index contributed by atoms with van der Waals surface area (Å²) >= 11 is 0. The Labute approximate surface area is 104 Å². The van der Waals surface area contributed by atoms with Crippen molar-refractivity contribution < 1.29 is 14.6 Å². The minimum Gasteiger partial charge on any atom is -0.392 e. The van der Waals surface area contributed by atoms with Crippen LogP contribution in [-0.4, -0.2) is 61.4 Å². The van der Waals surface area contributed by atoms with E-state index in [1.807, 2.05) is 20.9 Å². The number of nitrogens with zero attached hydrogens (tertiary/aromatic N) is 1. The summed E-state index contributed by atoms with van der Waals surface area (Å²) in [6.07, 6.45) is 0.652. The van der Waals surface area contributed by atoms with Gasteiger partial charge in [-0.25, -0.2) is 0 Å². The molecular formula is C12H26N2O3. The molecule has 102 valence electrons. The van der Waals surface area contributed by atoms with Crippen molar-refractivity contribution in [3.05, 3.63) is 0 Å². The molecule has 0 aliphatic heterocycles. The van der Waals surface area contributed by atoms with E-state index in [4.69, 9.17) is 9.84 Å². The summed E-state index contributed by atoms with van der Waals surface area (Å²) in [4.78, 5) is 13.3. The van der Waals surface area contributed by atoms with Crippen molar-refractivity contribution >= 4 is 5.91 Å². The highest BCUT2D eigenvalue weighted by Gasteiger charge is 2.07. The maximum atomic E-state index is 11.5. The normalized spacial score (nSPS) is 13.1. The first-order valence-corrected chi connectivity index (χ1v) is 6.16. The van der Waals surface area contributed by atoms with Crippen LogP contribution in [0.25, 0.3) is 0 Å². The Kier molecular flexibility index (Phi) is 9.03. The van der Waals surface area contributed by atoms with Gasteiger partial charge in [-0.15, -0.1) is 0 Å². The number of carbonyl (C=O) groups excluding carboxylic acids is 1. The third-order valence-electron chi connectivity index (χ3n) is 2.08. The fourth-order valence-electron chi connectivity index (χ4n) is 1.44. The molecule has 1 unspecified atom stereocenters. The molecule has 2 N–H and O–H groups in total. The van der Waals surface area contributed by atoms with E-state index in [2.05, 4.69) is 5.32 Å². The first-order valence-electron chi connectivity index (χ1n) is 6.16. The van der Waals surface area contributed by atoms with Crippen LogP contribution >= 0.6 is 0 Å². The van der Waals surface area contributed by atoms with Crippen LogP contribution < -0.4 is 5.32 Å². The fraction of sp³-hybridized carbons (Fsp3) is 0.917. The Morgan fingerprint density at radius 3 is 2.59 bits per heavy atom. The van der Waals surface area contributed by atoms with Gasteiger partial charge in [0, 0.05) is 19.7 Å². The second kappa shape index (κ2) is 9.39. The molecule has 0 aromatic rings. The largest absolute Gasteiger partial charge is 0.392 e. The van der Waals surface area contributed by atoms with Crippen LogP contribution in [-0.2, 0) is 9.53 Å². The first kappa shape index (κ1) is 16.4. The number of aliphatic hydroxyl groups is 1. The maximum Gasteiger partial charge on any atom is 0.234 e. The molecule has 0 aliphatic rings. The fourth-order valence-corrected chi connectivity index (χ4v) is 1.44. The number of rotatable bonds is 9. The highest BCUT2D eigenvalue weighted by Crippen LogP contribution is 1.90. The van der Waals surface area contributed by atoms with Crippen LogP contribution in [0.5, 0.6) is 0 Å². The van der Waals surface area contributed by atoms with Gasteiger partial charge in [-0.1, -0.05) is 0 Å². The van der Waals surface area contributed by atoms with Gasteiger partial charge in [-0.2, -0.15) is 0 Å². The lowest BCUT2D eigenvalue weighted by molar-refractivity contribution is -0.122. The Morgan fingerprint density at radius 1 is 1.41 bits per heavy atom. The molecule has 0 spiro atoms. The van der Waals surface area contributed by atoms with E-state index in [-0.39, 0.29) is 12.0 Å². The summed E-state index contributed by atoms with van der Waals surface area (Å²) < 4.78 is 5.36. The SMILES string of the molecule is CC(O)CN(C)CC(=O)NCCCOC(C)C. The van der Waals surface area contributed by atoms with Crippen molar-refractivity contribution in [3.63, 3.8) is 0 Å². The van der Waals surface area contributed by atoms with Gasteiger partial charge in [-0.3, -0.25) is 9.69 Å². The smallest absolute Gasteiger partial charge is 0.234 e. The third-order valence-corrected chi connectivity index (χ3v) is 2.08. The van der Waals surface area contributed by atoms with Crippen LogP contribution in [0, 0.1) is 0 Å². The number of carbonyl (C=O) groups is 1. The monoisotopic (exact) mass is 246 g/mol. The van der Waals surface area contributed by atoms with Crippen molar-refractivity contribution in [1.29, 1.82) is 0 Å². The number of hydrogen-bond acceptors (Lipinski definition) is 4. The number of aliphatic hydroxyl groups excluding tert-OH is 1. The molecule has 0 saturated heterocycles. The molecule has 0 bridgehead atoms. The predicted octanol–water partition coefficient (Wildman–Crippen LogP) is 0.230. The Hall–Kier alpha value is -0.650. The van der Waals surface area contributed by atoms with E-state index in [9.17, 15) is 4.79 Å². The molecule has 0 aromatic heterocycles. The Morgan fingerprint density at radius 2 is 2.06 bits per heavy atom. The summed E-state index contributed by atoms with van der Waals surface area (Å²) in [7, 11) is 1.81. The van der Waals surface area contributed by atoms with Crippen molar-refractivity contribution in [1.82, 2.24) is 10.2 Å². The van der Waals surface area contributed by atoms with Crippen molar-refractivity contribution in [2.24, 2.45) is 0 Å². The van der Waals surface area contributed by atoms with E-state index in [1.54, 1.807) is 11.8 Å². The Balaban J connectivity index is 3.46. The van der Waals surface area contributed by atoms with Gasteiger partial charge in [-0.05, 0) is 34.2 Å². The zero-order valence-electron chi connectivity index (χ0n) is 11.4. The molecule has 0 radical (unpaired) electrons. The molecule has 0 heterocycles. The number of hydrogen-bond donors (Lipinski definition) is 2. The lowest BCUT2D eigenvalue weighted by Gasteiger charge is -2.17. The third kappa shape index (κ3) is 11.6. The molecule has 5 nitrogen and oxygen atoms in total. The lowest BCUT2D eigenvalue weighted by Crippen LogP contribution is -2.38. The molecule has 0 rings (SSSR count). The Bertz CT molecular complexity index is 208. The number of ether oxygens (including phenoxy) is 1. The average Bonchev–Trinajstić information content (AvgIpc) is 2.14. The molecule has 1 amide bonds. The zero-order valence-corrected chi connectivity index (χ0v) is 11.4. The molecule has 1 atom stereocenters. The minimum atomic E-state index is -0.410. The van der Waals surface area contributed by atoms with Gasteiger partial charge in [0.1, 0.15) is 0 Å². The van der Waals surface area contributed by atoms with Gasteiger partial charge in [0.25, 0.3) is 0 Å². The minimum absolute atomic E-state index is 0.0160. The van der Waals surface area contributed by atoms with Crippen LogP contribution in [0.1, 0.15) is 27.2 Å². The molecule has 0 aromatic carbocycles. The van der Waals surface area contributed by atoms with E-state index in [0.717, 1.165) is 6.42 Å². The first-order chi connectivity index (χ1) is 7.91. The van der Waals surface area contributed by atoms with Gasteiger partial charge in [0.15, 0.2) is 0 Å². The molecular weight excluding hydrogens is 220 g/mol. The average molecular weight is 246 g/mol. The second-order valence-corrected chi connectivity index (χ2v) is 4.67. The maximum absolute atomic E-state index is 11.5. The summed E-state index contributed by atoms with van der Waals surface area (Å²) in [5.41, 5.74) is 0. The quantitative estimate of drug-likeness (QED) is 0.572. The highest BCUT2D eigenvalue weighted by atomic mass is 16.5. The van der Waals surface area contributed by atoms with E-state index in [1.165, 1.54) is 0 Å². The highest BCUT2D eigenvalue weighted by molar-refractivity contribution is 5.77. The van der Waals surface area contributed by atoms with E-state index >= 15 is 0 Å². The number of amides is 1. The molecule has 17 heavy (non-hydrogen) atoms. The zero-order chi connectivity index (χ0) is 13.3. The van der Waals surface area contributed by atoms with Crippen LogP contribution in [0.4, 0.5) is 0 Å². The van der Waals surface area contributed by atoms with Gasteiger partial charge >= 0.3 is 0 Å². The summed E-state index contributed by atoms with van der Waals surface area (Å²) in [5, 5.41) is 12.0. The molecule has 0 saturated carbocycles. The summed E-state index contributed by atoms with van der Waals surface area (Å²) in [5.74, 6) is -0.0160. The topological polar surface area (TPSA) is 61.8 Å². The van der Waals surface area contributed by atoms with Crippen molar-refractivity contribution in [2.45, 2.75) is 39.4 Å². The lowest BCUT2D eigenvalue weighted by atomic mass is 10.3. The van der Waals surface area contributed by atoms with Crippen LogP contribution in [0.2, 0.25) is 0 Å². The summed E-state index contributed by atoms with van der Waals surface area (Å²) in [6, 6.07) is 0. The van der Waals surface area contributed by atoms with E-state index < -0.39 is 6.10 Å². The van der Waals surface area contributed by atoms with Crippen LogP contribution in [0.15, 0.2) is 0 Å². The van der Waals surface area contributed by atoms with Gasteiger partial charge in [0.2, 0.25) is 5.91 Å².